The lowest BCUT2D eigenvalue weighted by Gasteiger charge is -2.35. The second-order valence-corrected chi connectivity index (χ2v) is 11.2. The number of primary amides is 1. The van der Waals surface area contributed by atoms with Gasteiger partial charge in [-0.25, -0.2) is 4.79 Å². The summed E-state index contributed by atoms with van der Waals surface area (Å²) in [6.45, 7) is 13.6. The third-order valence-corrected chi connectivity index (χ3v) is 6.40. The van der Waals surface area contributed by atoms with Crippen LogP contribution in [0, 0.1) is 19.8 Å². The van der Waals surface area contributed by atoms with Gasteiger partial charge in [-0.2, -0.15) is 0 Å². The summed E-state index contributed by atoms with van der Waals surface area (Å²) in [6, 6.07) is 3.38. The van der Waals surface area contributed by atoms with Crippen LogP contribution in [0.15, 0.2) is 18.2 Å². The number of aryl methyl sites for hydroxylation is 2. The van der Waals surface area contributed by atoms with Gasteiger partial charge in [-0.1, -0.05) is 50.5 Å². The molecule has 4 unspecified atom stereocenters. The van der Waals surface area contributed by atoms with Crippen molar-refractivity contribution in [3.63, 3.8) is 0 Å². The number of hydrogen-bond acceptors (Lipinski definition) is 5. The zero-order valence-corrected chi connectivity index (χ0v) is 23.3. The SMILES string of the molecule is CCCCCNC(=O)C(c1ccc(C)cc1C)N(C(=O)C(CC(N)=O)NC(=O)OC(C)(C)C)C1CC1C. The zero-order valence-electron chi connectivity index (χ0n) is 23.3. The number of amides is 4. The number of unbranched alkanes of at least 4 members (excludes halogenated alkanes) is 2. The molecule has 1 aromatic carbocycles. The molecule has 9 heteroatoms. The molecule has 2 rings (SSSR count). The normalized spacial score (nSPS) is 18.4. The van der Waals surface area contributed by atoms with E-state index >= 15 is 0 Å². The first-order valence-corrected chi connectivity index (χ1v) is 13.2. The van der Waals surface area contributed by atoms with Gasteiger partial charge in [0.05, 0.1) is 6.42 Å². The first-order chi connectivity index (χ1) is 17.2. The Hall–Kier alpha value is -3.10. The van der Waals surface area contributed by atoms with E-state index in [1.54, 1.807) is 25.7 Å². The van der Waals surface area contributed by atoms with Crippen molar-refractivity contribution in [1.29, 1.82) is 0 Å². The smallest absolute Gasteiger partial charge is 0.408 e. The molecule has 0 radical (unpaired) electrons. The van der Waals surface area contributed by atoms with Gasteiger partial charge in [0, 0.05) is 12.6 Å². The first-order valence-electron chi connectivity index (χ1n) is 13.2. The van der Waals surface area contributed by atoms with Gasteiger partial charge >= 0.3 is 6.09 Å². The lowest BCUT2D eigenvalue weighted by molar-refractivity contribution is -0.144. The maximum Gasteiger partial charge on any atom is 0.408 e. The number of benzene rings is 1. The molecule has 0 saturated heterocycles. The number of nitrogens with one attached hydrogen (secondary N) is 2. The Labute approximate surface area is 220 Å². The predicted octanol–water partition coefficient (Wildman–Crippen LogP) is 3.66. The highest BCUT2D eigenvalue weighted by Gasteiger charge is 2.48. The maximum atomic E-state index is 14.0. The monoisotopic (exact) mass is 516 g/mol. The number of carbonyl (C=O) groups excluding carboxylic acids is 4. The summed E-state index contributed by atoms with van der Waals surface area (Å²) in [7, 11) is 0. The molecule has 1 fully saturated rings. The maximum absolute atomic E-state index is 14.0. The minimum absolute atomic E-state index is 0.167. The van der Waals surface area contributed by atoms with Gasteiger partial charge in [0.15, 0.2) is 0 Å². The van der Waals surface area contributed by atoms with Crippen molar-refractivity contribution < 1.29 is 23.9 Å². The topological polar surface area (TPSA) is 131 Å². The Bertz CT molecular complexity index is 987. The van der Waals surface area contributed by atoms with Gasteiger partial charge in [-0.05, 0) is 64.5 Å². The first kappa shape index (κ1) is 30.1. The molecule has 9 nitrogen and oxygen atoms in total. The van der Waals surface area contributed by atoms with Crippen LogP contribution in [0.3, 0.4) is 0 Å². The second kappa shape index (κ2) is 12.9. The van der Waals surface area contributed by atoms with Gasteiger partial charge in [0.2, 0.25) is 17.7 Å². The van der Waals surface area contributed by atoms with Gasteiger partial charge in [-0.15, -0.1) is 0 Å². The van der Waals surface area contributed by atoms with E-state index in [-0.39, 0.29) is 17.9 Å². The van der Waals surface area contributed by atoms with Crippen molar-refractivity contribution in [1.82, 2.24) is 15.5 Å². The molecule has 0 aromatic heterocycles. The molecule has 1 saturated carbocycles. The average Bonchev–Trinajstić information content (AvgIpc) is 3.48. The van der Waals surface area contributed by atoms with Gasteiger partial charge in [0.1, 0.15) is 17.7 Å². The molecular weight excluding hydrogens is 472 g/mol. The summed E-state index contributed by atoms with van der Waals surface area (Å²) in [5.41, 5.74) is 7.29. The highest BCUT2D eigenvalue weighted by atomic mass is 16.6. The number of alkyl carbamates (subject to hydrolysis) is 1. The van der Waals surface area contributed by atoms with Crippen LogP contribution >= 0.6 is 0 Å². The number of carbonyl (C=O) groups is 4. The van der Waals surface area contributed by atoms with Crippen molar-refractivity contribution in [3.8, 4) is 0 Å². The Balaban J connectivity index is 2.49. The van der Waals surface area contributed by atoms with Gasteiger partial charge < -0.3 is 26.0 Å². The minimum Gasteiger partial charge on any atom is -0.444 e. The summed E-state index contributed by atoms with van der Waals surface area (Å²) in [5, 5.41) is 5.53. The van der Waals surface area contributed by atoms with Crippen LogP contribution in [0.5, 0.6) is 0 Å². The van der Waals surface area contributed by atoms with Gasteiger partial charge in [-0.3, -0.25) is 14.4 Å². The molecular formula is C28H44N4O5. The third kappa shape index (κ3) is 9.05. The largest absolute Gasteiger partial charge is 0.444 e. The summed E-state index contributed by atoms with van der Waals surface area (Å²) < 4.78 is 5.33. The van der Waals surface area contributed by atoms with Crippen LogP contribution < -0.4 is 16.4 Å². The molecule has 0 heterocycles. The molecule has 0 bridgehead atoms. The van der Waals surface area contributed by atoms with Crippen LogP contribution in [0.2, 0.25) is 0 Å². The van der Waals surface area contributed by atoms with E-state index in [0.29, 0.717) is 18.5 Å². The van der Waals surface area contributed by atoms with Crippen molar-refractivity contribution in [2.45, 2.75) is 104 Å². The number of hydrogen-bond donors (Lipinski definition) is 3. The van der Waals surface area contributed by atoms with Crippen LogP contribution in [0.1, 0.15) is 89.5 Å². The molecule has 1 aliphatic carbocycles. The van der Waals surface area contributed by atoms with E-state index < -0.39 is 42.0 Å². The van der Waals surface area contributed by atoms with Crippen LogP contribution in [0.25, 0.3) is 0 Å². The Morgan fingerprint density at radius 2 is 1.81 bits per heavy atom. The summed E-state index contributed by atoms with van der Waals surface area (Å²) in [6.07, 6.45) is 2.31. The Kier molecular flexibility index (Phi) is 10.5. The van der Waals surface area contributed by atoms with Gasteiger partial charge in [0.25, 0.3) is 0 Å². The fourth-order valence-electron chi connectivity index (χ4n) is 4.44. The Morgan fingerprint density at radius 1 is 1.16 bits per heavy atom. The lowest BCUT2D eigenvalue weighted by atomic mass is 9.96. The van der Waals surface area contributed by atoms with Crippen molar-refractivity contribution >= 4 is 23.8 Å². The molecule has 37 heavy (non-hydrogen) atoms. The highest BCUT2D eigenvalue weighted by Crippen LogP contribution is 2.41. The van der Waals surface area contributed by atoms with E-state index in [1.807, 2.05) is 39.0 Å². The summed E-state index contributed by atoms with van der Waals surface area (Å²) in [4.78, 5) is 53.7. The van der Waals surface area contributed by atoms with Crippen molar-refractivity contribution in [2.75, 3.05) is 6.54 Å². The van der Waals surface area contributed by atoms with Crippen molar-refractivity contribution in [2.24, 2.45) is 11.7 Å². The lowest BCUT2D eigenvalue weighted by Crippen LogP contribution is -2.55. The van der Waals surface area contributed by atoms with Crippen molar-refractivity contribution in [3.05, 3.63) is 34.9 Å². The second-order valence-electron chi connectivity index (χ2n) is 11.2. The fraction of sp³-hybridized carbons (Fsp3) is 0.643. The summed E-state index contributed by atoms with van der Waals surface area (Å²) in [5.74, 6) is -1.40. The fourth-order valence-corrected chi connectivity index (χ4v) is 4.44. The molecule has 4 N–H and O–H groups in total. The highest BCUT2D eigenvalue weighted by molar-refractivity contribution is 5.95. The molecule has 1 aliphatic rings. The van der Waals surface area contributed by atoms with Crippen LogP contribution in [-0.2, 0) is 19.1 Å². The molecule has 4 amide bonds. The number of ether oxygens (including phenoxy) is 1. The molecule has 206 valence electrons. The molecule has 0 spiro atoms. The summed E-state index contributed by atoms with van der Waals surface area (Å²) >= 11 is 0. The molecule has 1 aromatic rings. The average molecular weight is 517 g/mol. The Morgan fingerprint density at radius 3 is 2.32 bits per heavy atom. The number of nitrogens with zero attached hydrogens (tertiary/aromatic N) is 1. The van der Waals surface area contributed by atoms with E-state index in [0.717, 1.165) is 30.4 Å². The number of rotatable bonds is 12. The van der Waals surface area contributed by atoms with E-state index in [1.165, 1.54) is 0 Å². The molecule has 0 aliphatic heterocycles. The standard InChI is InChI=1S/C28H44N4O5/c1-8-9-10-13-30-25(34)24(20-12-11-17(2)14-18(20)3)32(22-15-19(22)4)26(35)21(16-23(29)33)31-27(36)37-28(5,6)7/h11-12,14,19,21-22,24H,8-10,13,15-16H2,1-7H3,(H2,29,33)(H,30,34)(H,31,36). The quantitative estimate of drug-likeness (QED) is 0.365. The van der Waals surface area contributed by atoms with E-state index in [4.69, 9.17) is 10.5 Å². The predicted molar refractivity (Wildman–Crippen MR) is 143 cm³/mol. The van der Waals surface area contributed by atoms with E-state index in [2.05, 4.69) is 17.6 Å². The third-order valence-electron chi connectivity index (χ3n) is 6.40. The van der Waals surface area contributed by atoms with E-state index in [9.17, 15) is 19.2 Å². The van der Waals surface area contributed by atoms with Crippen LogP contribution in [0.4, 0.5) is 4.79 Å². The zero-order chi connectivity index (χ0) is 27.9. The van der Waals surface area contributed by atoms with Crippen LogP contribution in [-0.4, -0.2) is 52.9 Å². The minimum atomic E-state index is -1.26. The molecule has 4 atom stereocenters. The number of nitrogens with two attached hydrogens (primary N) is 1.